The van der Waals surface area contributed by atoms with E-state index in [-0.39, 0.29) is 42.1 Å². The van der Waals surface area contributed by atoms with Crippen molar-refractivity contribution < 1.29 is 27.5 Å². The van der Waals surface area contributed by atoms with Crippen LogP contribution in [-0.4, -0.2) is 31.1 Å². The van der Waals surface area contributed by atoms with Crippen LogP contribution in [0.5, 0.6) is 0 Å². The maximum Gasteiger partial charge on any atom is 0.416 e. The van der Waals surface area contributed by atoms with Crippen molar-refractivity contribution in [2.24, 2.45) is 5.92 Å². The minimum absolute atomic E-state index is 0.0112. The quantitative estimate of drug-likeness (QED) is 0.722. The SMILES string of the molecule is O=C(CC1CCCCC1)Nc1cc(C(=O)NCC2CCCO2)cc(C(F)(F)F)c1. The summed E-state index contributed by atoms with van der Waals surface area (Å²) >= 11 is 0. The summed E-state index contributed by atoms with van der Waals surface area (Å²) in [5.41, 5.74) is -1.11. The van der Waals surface area contributed by atoms with E-state index in [0.29, 0.717) is 6.61 Å². The van der Waals surface area contributed by atoms with Gasteiger partial charge >= 0.3 is 6.18 Å². The van der Waals surface area contributed by atoms with Crippen LogP contribution in [0.4, 0.5) is 18.9 Å². The number of rotatable bonds is 6. The van der Waals surface area contributed by atoms with Crippen LogP contribution in [0.1, 0.15) is 67.3 Å². The molecule has 1 aliphatic heterocycles. The van der Waals surface area contributed by atoms with Crippen molar-refractivity contribution in [3.05, 3.63) is 29.3 Å². The molecule has 160 valence electrons. The van der Waals surface area contributed by atoms with Crippen LogP contribution >= 0.6 is 0 Å². The van der Waals surface area contributed by atoms with Gasteiger partial charge in [0.15, 0.2) is 0 Å². The van der Waals surface area contributed by atoms with Gasteiger partial charge in [0.2, 0.25) is 5.91 Å². The predicted octanol–water partition coefficient (Wildman–Crippen LogP) is 4.52. The van der Waals surface area contributed by atoms with E-state index < -0.39 is 17.6 Å². The summed E-state index contributed by atoms with van der Waals surface area (Å²) in [7, 11) is 0. The second-order valence-corrected chi connectivity index (χ2v) is 7.90. The minimum atomic E-state index is -4.62. The summed E-state index contributed by atoms with van der Waals surface area (Å²) in [5.74, 6) is -0.667. The topological polar surface area (TPSA) is 67.4 Å². The van der Waals surface area contributed by atoms with E-state index in [0.717, 1.165) is 57.1 Å². The summed E-state index contributed by atoms with van der Waals surface area (Å²) in [6, 6.07) is 2.97. The molecule has 1 saturated heterocycles. The van der Waals surface area contributed by atoms with Crippen molar-refractivity contribution in [3.8, 4) is 0 Å². The summed E-state index contributed by atoms with van der Waals surface area (Å²) in [6.07, 6.45) is 2.53. The number of ether oxygens (including phenoxy) is 1. The maximum absolute atomic E-state index is 13.3. The third-order valence-electron chi connectivity index (χ3n) is 5.52. The molecule has 3 rings (SSSR count). The van der Waals surface area contributed by atoms with Gasteiger partial charge in [-0.15, -0.1) is 0 Å². The number of anilines is 1. The van der Waals surface area contributed by atoms with Gasteiger partial charge < -0.3 is 15.4 Å². The number of hydrogen-bond donors (Lipinski definition) is 2. The fourth-order valence-corrected chi connectivity index (χ4v) is 3.97. The number of carbonyl (C=O) groups excluding carboxylic acids is 2. The van der Waals surface area contributed by atoms with E-state index in [4.69, 9.17) is 4.74 Å². The van der Waals surface area contributed by atoms with Gasteiger partial charge in [0.25, 0.3) is 5.91 Å². The largest absolute Gasteiger partial charge is 0.416 e. The van der Waals surface area contributed by atoms with Crippen molar-refractivity contribution in [2.45, 2.75) is 63.6 Å². The van der Waals surface area contributed by atoms with E-state index in [1.54, 1.807) is 0 Å². The number of alkyl halides is 3. The average Bonchev–Trinajstić information content (AvgIpc) is 3.19. The normalized spacial score (nSPS) is 20.4. The molecule has 8 heteroatoms. The number of halogens is 3. The highest BCUT2D eigenvalue weighted by molar-refractivity contribution is 5.97. The molecule has 1 unspecified atom stereocenters. The molecule has 0 bridgehead atoms. The molecule has 2 N–H and O–H groups in total. The molecule has 0 aromatic heterocycles. The maximum atomic E-state index is 13.3. The number of amides is 2. The number of carbonyl (C=O) groups is 2. The van der Waals surface area contributed by atoms with Gasteiger partial charge in [0.05, 0.1) is 11.7 Å². The monoisotopic (exact) mass is 412 g/mol. The smallest absolute Gasteiger partial charge is 0.376 e. The highest BCUT2D eigenvalue weighted by atomic mass is 19.4. The molecule has 1 aromatic rings. The van der Waals surface area contributed by atoms with E-state index in [2.05, 4.69) is 10.6 Å². The van der Waals surface area contributed by atoms with E-state index >= 15 is 0 Å². The average molecular weight is 412 g/mol. The Morgan fingerprint density at radius 3 is 2.45 bits per heavy atom. The molecule has 5 nitrogen and oxygen atoms in total. The van der Waals surface area contributed by atoms with Crippen LogP contribution in [0.15, 0.2) is 18.2 Å². The first-order valence-corrected chi connectivity index (χ1v) is 10.2. The van der Waals surface area contributed by atoms with Gasteiger partial charge in [0, 0.05) is 30.8 Å². The highest BCUT2D eigenvalue weighted by Gasteiger charge is 2.32. The third-order valence-corrected chi connectivity index (χ3v) is 5.52. The molecule has 2 aliphatic rings. The van der Waals surface area contributed by atoms with Gasteiger partial charge in [-0.25, -0.2) is 0 Å². The Kier molecular flexibility index (Phi) is 7.16. The Morgan fingerprint density at radius 2 is 1.79 bits per heavy atom. The third kappa shape index (κ3) is 6.45. The highest BCUT2D eigenvalue weighted by Crippen LogP contribution is 2.32. The van der Waals surface area contributed by atoms with Crippen LogP contribution in [0.25, 0.3) is 0 Å². The second kappa shape index (κ2) is 9.61. The lowest BCUT2D eigenvalue weighted by Gasteiger charge is -2.21. The molecule has 1 aliphatic carbocycles. The Morgan fingerprint density at radius 1 is 1.03 bits per heavy atom. The van der Waals surface area contributed by atoms with E-state index in [1.807, 2.05) is 0 Å². The molecule has 0 spiro atoms. The van der Waals surface area contributed by atoms with Gasteiger partial charge in [-0.1, -0.05) is 19.3 Å². The lowest BCUT2D eigenvalue weighted by atomic mass is 9.87. The van der Waals surface area contributed by atoms with Gasteiger partial charge in [-0.3, -0.25) is 9.59 Å². The van der Waals surface area contributed by atoms with E-state index in [1.165, 1.54) is 6.07 Å². The first kappa shape index (κ1) is 21.6. The number of nitrogens with one attached hydrogen (secondary N) is 2. The molecule has 1 atom stereocenters. The second-order valence-electron chi connectivity index (χ2n) is 7.90. The van der Waals surface area contributed by atoms with Crippen molar-refractivity contribution in [1.29, 1.82) is 0 Å². The van der Waals surface area contributed by atoms with Crippen LogP contribution in [-0.2, 0) is 15.7 Å². The molecule has 0 radical (unpaired) electrons. The van der Waals surface area contributed by atoms with Crippen molar-refractivity contribution >= 4 is 17.5 Å². The van der Waals surface area contributed by atoms with Crippen molar-refractivity contribution in [3.63, 3.8) is 0 Å². The lowest BCUT2D eigenvalue weighted by molar-refractivity contribution is -0.137. The first-order chi connectivity index (χ1) is 13.8. The Bertz CT molecular complexity index is 724. The van der Waals surface area contributed by atoms with Gasteiger partial charge in [0.1, 0.15) is 0 Å². The Hall–Kier alpha value is -2.09. The van der Waals surface area contributed by atoms with Gasteiger partial charge in [-0.2, -0.15) is 13.2 Å². The zero-order valence-electron chi connectivity index (χ0n) is 16.3. The predicted molar refractivity (Wildman–Crippen MR) is 103 cm³/mol. The lowest BCUT2D eigenvalue weighted by Crippen LogP contribution is -2.32. The van der Waals surface area contributed by atoms with Crippen LogP contribution in [0.2, 0.25) is 0 Å². The van der Waals surface area contributed by atoms with Crippen LogP contribution in [0.3, 0.4) is 0 Å². The van der Waals surface area contributed by atoms with Crippen molar-refractivity contribution in [1.82, 2.24) is 5.32 Å². The molecular formula is C21H27F3N2O3. The molecule has 1 aromatic carbocycles. The molecular weight excluding hydrogens is 385 g/mol. The van der Waals surface area contributed by atoms with E-state index in [9.17, 15) is 22.8 Å². The summed E-state index contributed by atoms with van der Waals surface area (Å²) < 4.78 is 45.3. The molecule has 2 amide bonds. The fourth-order valence-electron chi connectivity index (χ4n) is 3.97. The van der Waals surface area contributed by atoms with Crippen LogP contribution in [0, 0.1) is 5.92 Å². The molecule has 1 heterocycles. The Labute approximate surface area is 168 Å². The molecule has 29 heavy (non-hydrogen) atoms. The fraction of sp³-hybridized carbons (Fsp3) is 0.619. The first-order valence-electron chi connectivity index (χ1n) is 10.2. The zero-order valence-corrected chi connectivity index (χ0v) is 16.3. The molecule has 2 fully saturated rings. The summed E-state index contributed by atoms with van der Waals surface area (Å²) in [5, 5.41) is 5.17. The van der Waals surface area contributed by atoms with Crippen LogP contribution < -0.4 is 10.6 Å². The van der Waals surface area contributed by atoms with Crippen molar-refractivity contribution in [2.75, 3.05) is 18.5 Å². The summed E-state index contributed by atoms with van der Waals surface area (Å²) in [6.45, 7) is 0.875. The number of benzene rings is 1. The minimum Gasteiger partial charge on any atom is -0.376 e. The summed E-state index contributed by atoms with van der Waals surface area (Å²) in [4.78, 5) is 24.7. The standard InChI is InChI=1S/C21H27F3N2O3/c22-21(23,24)16-10-15(20(28)25-13-18-7-4-8-29-18)11-17(12-16)26-19(27)9-14-5-2-1-3-6-14/h10-12,14,18H,1-9,13H2,(H,25,28)(H,26,27). The molecule has 1 saturated carbocycles. The Balaban J connectivity index is 1.69. The number of hydrogen-bond acceptors (Lipinski definition) is 3. The van der Waals surface area contributed by atoms with Gasteiger partial charge in [-0.05, 0) is 49.8 Å². The zero-order chi connectivity index (χ0) is 20.9.